The van der Waals surface area contributed by atoms with Crippen molar-refractivity contribution in [2.75, 3.05) is 65.7 Å². The van der Waals surface area contributed by atoms with Gasteiger partial charge in [0.1, 0.15) is 0 Å². The number of rotatable bonds is 13. The first-order valence-electron chi connectivity index (χ1n) is 12.4. The van der Waals surface area contributed by atoms with E-state index in [1.54, 1.807) is 0 Å². The van der Waals surface area contributed by atoms with Crippen LogP contribution in [0.5, 0.6) is 0 Å². The molecule has 0 aromatic carbocycles. The van der Waals surface area contributed by atoms with Crippen LogP contribution in [0.2, 0.25) is 0 Å². The van der Waals surface area contributed by atoms with E-state index in [-0.39, 0.29) is 19.2 Å². The highest BCUT2D eigenvalue weighted by atomic mass is 16.5. The van der Waals surface area contributed by atoms with Crippen molar-refractivity contribution in [3.63, 3.8) is 0 Å². The number of hydrogen-bond donors (Lipinski definition) is 1. The van der Waals surface area contributed by atoms with E-state index in [1.165, 1.54) is 0 Å². The molecule has 182 valence electrons. The Morgan fingerprint density at radius 1 is 0.968 bits per heavy atom. The summed E-state index contributed by atoms with van der Waals surface area (Å²) in [4.78, 5) is 28.9. The smallest absolute Gasteiger partial charge is 0.223 e. The molecular formula is C24H47N3O4. The molecule has 7 heteroatoms. The number of amides is 2. The first-order valence-corrected chi connectivity index (χ1v) is 12.4. The predicted octanol–water partition coefficient (Wildman–Crippen LogP) is 2.79. The molecule has 2 amide bonds. The molecule has 0 aromatic rings. The molecule has 2 heterocycles. The summed E-state index contributed by atoms with van der Waals surface area (Å²) >= 11 is 0. The normalized spacial score (nSPS) is 19.2. The average Bonchev–Trinajstić information content (AvgIpc) is 2.80. The zero-order valence-electron chi connectivity index (χ0n) is 20.1. The Labute approximate surface area is 190 Å². The minimum absolute atomic E-state index is 0. The Hall–Kier alpha value is -1.18. The lowest BCUT2D eigenvalue weighted by atomic mass is 9.86. The number of nitrogens with zero attached hydrogens (tertiary/aromatic N) is 2. The largest absolute Gasteiger partial charge is 0.379 e. The summed E-state index contributed by atoms with van der Waals surface area (Å²) in [6.07, 6.45) is 5.50. The molecule has 0 unspecified atom stereocenters. The number of piperidine rings is 2. The van der Waals surface area contributed by atoms with Gasteiger partial charge in [-0.05, 0) is 63.6 Å². The molecule has 2 rings (SSSR count). The second kappa shape index (κ2) is 14.8. The maximum absolute atomic E-state index is 12.3. The summed E-state index contributed by atoms with van der Waals surface area (Å²) in [6.45, 7) is 14.3. The molecular weight excluding hydrogens is 394 g/mol. The fourth-order valence-electron chi connectivity index (χ4n) is 4.52. The molecule has 7 nitrogen and oxygen atoms in total. The van der Waals surface area contributed by atoms with Gasteiger partial charge in [-0.15, -0.1) is 0 Å². The van der Waals surface area contributed by atoms with Crippen molar-refractivity contribution in [2.45, 2.75) is 59.3 Å². The van der Waals surface area contributed by atoms with Gasteiger partial charge in [-0.1, -0.05) is 20.8 Å². The van der Waals surface area contributed by atoms with Crippen LogP contribution in [0.3, 0.4) is 0 Å². The highest BCUT2D eigenvalue weighted by Gasteiger charge is 2.24. The Balaban J connectivity index is 0.00000512. The molecule has 1 N–H and O–H groups in total. The van der Waals surface area contributed by atoms with Crippen molar-refractivity contribution in [1.29, 1.82) is 0 Å². The molecule has 2 saturated heterocycles. The monoisotopic (exact) mass is 441 g/mol. The van der Waals surface area contributed by atoms with Gasteiger partial charge in [-0.3, -0.25) is 9.59 Å². The summed E-state index contributed by atoms with van der Waals surface area (Å²) in [6, 6.07) is 0. The lowest BCUT2D eigenvalue weighted by Gasteiger charge is -2.34. The van der Waals surface area contributed by atoms with Gasteiger partial charge in [0.15, 0.2) is 0 Å². The highest BCUT2D eigenvalue weighted by molar-refractivity contribution is 5.78. The Kier molecular flexibility index (Phi) is 12.4. The van der Waals surface area contributed by atoms with Gasteiger partial charge < -0.3 is 24.6 Å². The van der Waals surface area contributed by atoms with Gasteiger partial charge in [-0.2, -0.15) is 0 Å². The Morgan fingerprint density at radius 2 is 1.61 bits per heavy atom. The lowest BCUT2D eigenvalue weighted by Crippen LogP contribution is -2.41. The summed E-state index contributed by atoms with van der Waals surface area (Å²) in [5.41, 5.74) is 0. The summed E-state index contributed by atoms with van der Waals surface area (Å²) in [5.74, 6) is 2.05. The van der Waals surface area contributed by atoms with Gasteiger partial charge in [0.05, 0.1) is 19.8 Å². The number of ether oxygens (including phenoxy) is 2. The summed E-state index contributed by atoms with van der Waals surface area (Å²) in [7, 11) is 0. The van der Waals surface area contributed by atoms with E-state index in [1.807, 2.05) is 4.90 Å². The fourth-order valence-corrected chi connectivity index (χ4v) is 4.52. The van der Waals surface area contributed by atoms with Crippen molar-refractivity contribution >= 4 is 11.8 Å². The third-order valence-electron chi connectivity index (χ3n) is 6.84. The zero-order valence-corrected chi connectivity index (χ0v) is 20.1. The third-order valence-corrected chi connectivity index (χ3v) is 6.84. The molecule has 2 aliphatic rings. The van der Waals surface area contributed by atoms with E-state index in [9.17, 15) is 9.59 Å². The molecule has 0 aliphatic carbocycles. The van der Waals surface area contributed by atoms with E-state index < -0.39 is 0 Å². The fraction of sp³-hybridized carbons (Fsp3) is 0.917. The van der Waals surface area contributed by atoms with E-state index in [4.69, 9.17) is 9.47 Å². The van der Waals surface area contributed by atoms with Crippen molar-refractivity contribution in [1.82, 2.24) is 15.1 Å². The molecule has 0 radical (unpaired) electrons. The van der Waals surface area contributed by atoms with Crippen LogP contribution in [0, 0.1) is 17.8 Å². The molecule has 0 saturated carbocycles. The Bertz CT molecular complexity index is 519. The molecule has 0 aromatic heterocycles. The number of hydrogen-bond acceptors (Lipinski definition) is 5. The van der Waals surface area contributed by atoms with E-state index in [2.05, 4.69) is 31.0 Å². The van der Waals surface area contributed by atoms with Gasteiger partial charge in [-0.25, -0.2) is 0 Å². The van der Waals surface area contributed by atoms with E-state index in [0.717, 1.165) is 70.7 Å². The molecule has 2 fully saturated rings. The lowest BCUT2D eigenvalue weighted by molar-refractivity contribution is -0.133. The van der Waals surface area contributed by atoms with Crippen molar-refractivity contribution in [3.8, 4) is 0 Å². The standard InChI is InChI=1S/C24H45N3O4.H2/c1-4-26-12-7-22(8-13-26)24(29)25-11-17-31-19-18-30-16-5-6-23(28)27-14-9-21(10-15-27)20(2)3;/h20-22H,4-19H2,1-3H3,(H,25,29);1H. The molecule has 0 spiro atoms. The van der Waals surface area contributed by atoms with Gasteiger partial charge in [0.2, 0.25) is 11.8 Å². The second-order valence-corrected chi connectivity index (χ2v) is 9.29. The highest BCUT2D eigenvalue weighted by Crippen LogP contribution is 2.24. The quantitative estimate of drug-likeness (QED) is 0.445. The van der Waals surface area contributed by atoms with Gasteiger partial charge in [0, 0.05) is 40.0 Å². The maximum atomic E-state index is 12.3. The van der Waals surface area contributed by atoms with Crippen LogP contribution in [0.15, 0.2) is 0 Å². The SMILES string of the molecule is CCN1CCC(C(=O)NCCOCCOCCCC(=O)N2CCC(C(C)C)CC2)CC1.[HH]. The first-order chi connectivity index (χ1) is 15.0. The second-order valence-electron chi connectivity index (χ2n) is 9.29. The Morgan fingerprint density at radius 3 is 2.23 bits per heavy atom. The first kappa shape index (κ1) is 26.1. The third kappa shape index (κ3) is 9.87. The summed E-state index contributed by atoms with van der Waals surface area (Å²) < 4.78 is 11.1. The average molecular weight is 442 g/mol. The van der Waals surface area contributed by atoms with Crippen LogP contribution in [0.1, 0.15) is 60.7 Å². The number of nitrogens with one attached hydrogen (secondary N) is 1. The van der Waals surface area contributed by atoms with Crippen LogP contribution >= 0.6 is 0 Å². The van der Waals surface area contributed by atoms with Crippen LogP contribution in [-0.2, 0) is 19.1 Å². The molecule has 2 aliphatic heterocycles. The maximum Gasteiger partial charge on any atom is 0.223 e. The minimum atomic E-state index is 0. The van der Waals surface area contributed by atoms with Crippen LogP contribution < -0.4 is 5.32 Å². The molecule has 0 bridgehead atoms. The van der Waals surface area contributed by atoms with Crippen LogP contribution in [0.25, 0.3) is 0 Å². The number of carbonyl (C=O) groups is 2. The van der Waals surface area contributed by atoms with E-state index >= 15 is 0 Å². The summed E-state index contributed by atoms with van der Waals surface area (Å²) in [5, 5.41) is 2.98. The van der Waals surface area contributed by atoms with Crippen molar-refractivity contribution < 1.29 is 20.5 Å². The van der Waals surface area contributed by atoms with Crippen molar-refractivity contribution in [2.24, 2.45) is 17.8 Å². The predicted molar refractivity (Wildman–Crippen MR) is 125 cm³/mol. The van der Waals surface area contributed by atoms with Crippen LogP contribution in [0.4, 0.5) is 0 Å². The van der Waals surface area contributed by atoms with Crippen molar-refractivity contribution in [3.05, 3.63) is 0 Å². The minimum Gasteiger partial charge on any atom is -0.379 e. The molecule has 0 atom stereocenters. The van der Waals surface area contributed by atoms with Gasteiger partial charge >= 0.3 is 0 Å². The van der Waals surface area contributed by atoms with E-state index in [0.29, 0.717) is 45.3 Å². The zero-order chi connectivity index (χ0) is 22.5. The topological polar surface area (TPSA) is 71.1 Å². The number of carbonyl (C=O) groups excluding carboxylic acids is 2. The van der Waals surface area contributed by atoms with Gasteiger partial charge in [0.25, 0.3) is 0 Å². The number of likely N-dealkylation sites (tertiary alicyclic amines) is 2. The molecule has 31 heavy (non-hydrogen) atoms. The van der Waals surface area contributed by atoms with Crippen LogP contribution in [-0.4, -0.2) is 87.3 Å².